The van der Waals surface area contributed by atoms with Crippen molar-refractivity contribution in [2.45, 2.75) is 32.0 Å². The number of ether oxygens (including phenoxy) is 2. The van der Waals surface area contributed by atoms with Crippen LogP contribution in [-0.4, -0.2) is 32.3 Å². The molecular formula is C16H24N2O3. The highest BCUT2D eigenvalue weighted by atomic mass is 16.5. The van der Waals surface area contributed by atoms with Gasteiger partial charge in [0.2, 0.25) is 5.91 Å². The zero-order valence-electron chi connectivity index (χ0n) is 12.5. The van der Waals surface area contributed by atoms with Crippen molar-refractivity contribution in [1.82, 2.24) is 5.32 Å². The van der Waals surface area contributed by atoms with E-state index in [1.165, 1.54) is 0 Å². The van der Waals surface area contributed by atoms with Gasteiger partial charge in [0.05, 0.1) is 12.6 Å². The lowest BCUT2D eigenvalue weighted by molar-refractivity contribution is -0.124. The first-order chi connectivity index (χ1) is 10.2. The van der Waals surface area contributed by atoms with E-state index < -0.39 is 6.04 Å². The van der Waals surface area contributed by atoms with Crippen LogP contribution in [0, 0.1) is 5.92 Å². The van der Waals surface area contributed by atoms with E-state index in [9.17, 15) is 4.79 Å². The van der Waals surface area contributed by atoms with Crippen LogP contribution in [0.25, 0.3) is 0 Å². The van der Waals surface area contributed by atoms with Gasteiger partial charge >= 0.3 is 0 Å². The molecule has 1 aliphatic heterocycles. The van der Waals surface area contributed by atoms with Gasteiger partial charge in [0.25, 0.3) is 0 Å². The number of hydrogen-bond donors (Lipinski definition) is 2. The van der Waals surface area contributed by atoms with Gasteiger partial charge in [-0.2, -0.15) is 0 Å². The fraction of sp³-hybridized carbons (Fsp3) is 0.562. The van der Waals surface area contributed by atoms with E-state index in [0.717, 1.165) is 24.0 Å². The van der Waals surface area contributed by atoms with Gasteiger partial charge in [-0.15, -0.1) is 0 Å². The summed E-state index contributed by atoms with van der Waals surface area (Å²) in [5.41, 5.74) is 8.21. The van der Waals surface area contributed by atoms with Crippen LogP contribution >= 0.6 is 0 Å². The molecule has 1 fully saturated rings. The van der Waals surface area contributed by atoms with Crippen molar-refractivity contribution in [2.24, 2.45) is 11.7 Å². The van der Waals surface area contributed by atoms with E-state index >= 15 is 0 Å². The first-order valence-electron chi connectivity index (χ1n) is 7.38. The van der Waals surface area contributed by atoms with Crippen LogP contribution < -0.4 is 11.1 Å². The van der Waals surface area contributed by atoms with E-state index in [1.807, 2.05) is 24.3 Å². The molecule has 1 atom stereocenters. The number of rotatable bonds is 6. The molecule has 3 N–H and O–H groups in total. The van der Waals surface area contributed by atoms with Gasteiger partial charge in [-0.25, -0.2) is 0 Å². The third kappa shape index (κ3) is 4.81. The van der Waals surface area contributed by atoms with Crippen LogP contribution in [0.2, 0.25) is 0 Å². The Balaban J connectivity index is 1.79. The van der Waals surface area contributed by atoms with E-state index in [2.05, 4.69) is 5.32 Å². The van der Waals surface area contributed by atoms with Gasteiger partial charge in [-0.1, -0.05) is 24.3 Å². The molecule has 2 rings (SSSR count). The summed E-state index contributed by atoms with van der Waals surface area (Å²) >= 11 is 0. The molecule has 5 heteroatoms. The Bertz CT molecular complexity index is 441. The molecule has 0 saturated carbocycles. The minimum atomic E-state index is -0.443. The smallest absolute Gasteiger partial charge is 0.237 e. The summed E-state index contributed by atoms with van der Waals surface area (Å²) in [5, 5.41) is 2.91. The largest absolute Gasteiger partial charge is 0.381 e. The normalized spacial score (nSPS) is 17.4. The molecule has 1 aromatic carbocycles. The first-order valence-corrected chi connectivity index (χ1v) is 7.38. The zero-order chi connectivity index (χ0) is 15.1. The Labute approximate surface area is 125 Å². The summed E-state index contributed by atoms with van der Waals surface area (Å²) in [6.45, 7) is 2.50. The van der Waals surface area contributed by atoms with E-state index in [-0.39, 0.29) is 11.8 Å². The molecule has 1 aromatic rings. The van der Waals surface area contributed by atoms with Crippen molar-refractivity contribution in [3.8, 4) is 0 Å². The predicted molar refractivity (Wildman–Crippen MR) is 80.5 cm³/mol. The molecule has 21 heavy (non-hydrogen) atoms. The average molecular weight is 292 g/mol. The summed E-state index contributed by atoms with van der Waals surface area (Å²) in [7, 11) is 1.67. The number of benzene rings is 1. The highest BCUT2D eigenvalue weighted by molar-refractivity contribution is 5.81. The fourth-order valence-electron chi connectivity index (χ4n) is 2.52. The van der Waals surface area contributed by atoms with E-state index in [4.69, 9.17) is 15.2 Å². The molecule has 5 nitrogen and oxygen atoms in total. The maximum Gasteiger partial charge on any atom is 0.237 e. The van der Waals surface area contributed by atoms with Crippen LogP contribution in [0.5, 0.6) is 0 Å². The number of methoxy groups -OCH3 is 1. The molecule has 1 unspecified atom stereocenters. The average Bonchev–Trinajstić information content (AvgIpc) is 2.54. The van der Waals surface area contributed by atoms with Gasteiger partial charge < -0.3 is 20.5 Å². The molecular weight excluding hydrogens is 268 g/mol. The first kappa shape index (κ1) is 15.9. The van der Waals surface area contributed by atoms with Crippen molar-refractivity contribution >= 4 is 5.91 Å². The summed E-state index contributed by atoms with van der Waals surface area (Å²) in [6.07, 6.45) is 1.72. The Kier molecular flexibility index (Phi) is 6.17. The van der Waals surface area contributed by atoms with Gasteiger partial charge in [0.1, 0.15) is 0 Å². The van der Waals surface area contributed by atoms with Crippen molar-refractivity contribution < 1.29 is 14.3 Å². The molecule has 0 spiro atoms. The van der Waals surface area contributed by atoms with Crippen molar-refractivity contribution in [3.63, 3.8) is 0 Å². The maximum atomic E-state index is 12.1. The number of nitrogens with two attached hydrogens (primary N) is 1. The van der Waals surface area contributed by atoms with Crippen LogP contribution in [-0.2, 0) is 27.4 Å². The number of hydrogen-bond acceptors (Lipinski definition) is 4. The monoisotopic (exact) mass is 292 g/mol. The number of amides is 1. The number of nitrogens with one attached hydrogen (secondary N) is 1. The molecule has 0 radical (unpaired) electrons. The van der Waals surface area contributed by atoms with Gasteiger partial charge in [-0.3, -0.25) is 4.79 Å². The van der Waals surface area contributed by atoms with Gasteiger partial charge in [0.15, 0.2) is 0 Å². The van der Waals surface area contributed by atoms with Crippen LogP contribution in [0.15, 0.2) is 24.3 Å². The topological polar surface area (TPSA) is 73.6 Å². The standard InChI is InChI=1S/C16H24N2O3/c1-20-11-13-4-2-12(3-5-13)10-18-16(19)15(17)14-6-8-21-9-7-14/h2-5,14-15H,6-11,17H2,1H3,(H,18,19). The van der Waals surface area contributed by atoms with Crippen LogP contribution in [0.1, 0.15) is 24.0 Å². The quantitative estimate of drug-likeness (QED) is 0.826. The lowest BCUT2D eigenvalue weighted by Gasteiger charge is -2.26. The third-order valence-electron chi connectivity index (χ3n) is 3.88. The highest BCUT2D eigenvalue weighted by Crippen LogP contribution is 2.17. The van der Waals surface area contributed by atoms with E-state index in [0.29, 0.717) is 26.4 Å². The Morgan fingerprint density at radius 2 is 1.95 bits per heavy atom. The SMILES string of the molecule is COCc1ccc(CNC(=O)C(N)C2CCOCC2)cc1. The van der Waals surface area contributed by atoms with E-state index in [1.54, 1.807) is 7.11 Å². The van der Waals surface area contributed by atoms with Gasteiger partial charge in [0, 0.05) is 26.9 Å². The zero-order valence-corrected chi connectivity index (χ0v) is 12.5. The highest BCUT2D eigenvalue weighted by Gasteiger charge is 2.26. The molecule has 1 aliphatic rings. The molecule has 1 amide bonds. The minimum absolute atomic E-state index is 0.0807. The molecule has 0 bridgehead atoms. The number of carbonyl (C=O) groups excluding carboxylic acids is 1. The molecule has 1 heterocycles. The minimum Gasteiger partial charge on any atom is -0.381 e. The van der Waals surface area contributed by atoms with Crippen LogP contribution in [0.4, 0.5) is 0 Å². The van der Waals surface area contributed by atoms with Crippen molar-refractivity contribution in [2.75, 3.05) is 20.3 Å². The van der Waals surface area contributed by atoms with Crippen molar-refractivity contribution in [1.29, 1.82) is 0 Å². The lowest BCUT2D eigenvalue weighted by Crippen LogP contribution is -2.46. The predicted octanol–water partition coefficient (Wildman–Crippen LogP) is 1.20. The number of carbonyl (C=O) groups is 1. The molecule has 0 aromatic heterocycles. The molecule has 116 valence electrons. The summed E-state index contributed by atoms with van der Waals surface area (Å²) < 4.78 is 10.4. The van der Waals surface area contributed by atoms with Gasteiger partial charge in [-0.05, 0) is 29.9 Å². The fourth-order valence-corrected chi connectivity index (χ4v) is 2.52. The van der Waals surface area contributed by atoms with Crippen LogP contribution in [0.3, 0.4) is 0 Å². The molecule has 1 saturated heterocycles. The second-order valence-electron chi connectivity index (χ2n) is 5.44. The lowest BCUT2D eigenvalue weighted by atomic mass is 9.92. The summed E-state index contributed by atoms with van der Waals surface area (Å²) in [4.78, 5) is 12.1. The molecule has 0 aliphatic carbocycles. The summed E-state index contributed by atoms with van der Waals surface area (Å²) in [5.74, 6) is 0.144. The second-order valence-corrected chi connectivity index (χ2v) is 5.44. The Hall–Kier alpha value is -1.43. The Morgan fingerprint density at radius 3 is 2.57 bits per heavy atom. The Morgan fingerprint density at radius 1 is 1.33 bits per heavy atom. The maximum absolute atomic E-state index is 12.1. The third-order valence-corrected chi connectivity index (χ3v) is 3.88. The summed E-state index contributed by atoms with van der Waals surface area (Å²) in [6, 6.07) is 7.55. The van der Waals surface area contributed by atoms with Crippen molar-refractivity contribution in [3.05, 3.63) is 35.4 Å². The second kappa shape index (κ2) is 8.12.